The standard InChI is InChI=1S/C14H19ClN2O/c1-17(10-11-5-7-12(15)8-6-11)14(18)13-4-2-3-9-16-13/h5-8,13,16H,2-4,9-10H2,1H3/t13-/m1/s1. The smallest absolute Gasteiger partial charge is 0.239 e. The molecular formula is C14H19ClN2O. The van der Waals surface area contributed by atoms with Gasteiger partial charge in [0.05, 0.1) is 6.04 Å². The summed E-state index contributed by atoms with van der Waals surface area (Å²) in [6, 6.07) is 7.62. The topological polar surface area (TPSA) is 32.3 Å². The zero-order valence-electron chi connectivity index (χ0n) is 10.7. The fraction of sp³-hybridized carbons (Fsp3) is 0.500. The van der Waals surface area contributed by atoms with E-state index in [4.69, 9.17) is 11.6 Å². The highest BCUT2D eigenvalue weighted by atomic mass is 35.5. The Balaban J connectivity index is 1.92. The average molecular weight is 267 g/mol. The van der Waals surface area contributed by atoms with Crippen molar-refractivity contribution in [2.24, 2.45) is 0 Å². The van der Waals surface area contributed by atoms with Crippen LogP contribution in [-0.4, -0.2) is 30.4 Å². The molecule has 0 saturated carbocycles. The van der Waals surface area contributed by atoms with Crippen molar-refractivity contribution in [3.8, 4) is 0 Å². The number of benzene rings is 1. The third-order valence-corrected chi connectivity index (χ3v) is 3.57. The number of likely N-dealkylation sites (N-methyl/N-ethyl adjacent to an activating group) is 1. The summed E-state index contributed by atoms with van der Waals surface area (Å²) in [7, 11) is 1.85. The number of carbonyl (C=O) groups is 1. The molecule has 0 bridgehead atoms. The van der Waals surface area contributed by atoms with Gasteiger partial charge in [-0.15, -0.1) is 0 Å². The first-order valence-electron chi connectivity index (χ1n) is 6.39. The summed E-state index contributed by atoms with van der Waals surface area (Å²) in [4.78, 5) is 14.0. The third kappa shape index (κ3) is 3.47. The molecule has 1 fully saturated rings. The maximum absolute atomic E-state index is 12.2. The van der Waals surface area contributed by atoms with Crippen LogP contribution in [0.3, 0.4) is 0 Å². The van der Waals surface area contributed by atoms with Crippen LogP contribution in [0.1, 0.15) is 24.8 Å². The second-order valence-corrected chi connectivity index (χ2v) is 5.26. The highest BCUT2D eigenvalue weighted by Crippen LogP contribution is 2.13. The SMILES string of the molecule is CN(Cc1ccc(Cl)cc1)C(=O)[C@H]1CCCCN1. The molecule has 98 valence electrons. The Labute approximate surface area is 113 Å². The molecule has 0 unspecified atom stereocenters. The predicted octanol–water partition coefficient (Wildman–Crippen LogP) is 2.44. The number of carbonyl (C=O) groups excluding carboxylic acids is 1. The number of piperidine rings is 1. The van der Waals surface area contributed by atoms with E-state index in [2.05, 4.69) is 5.32 Å². The normalized spacial score (nSPS) is 19.6. The molecule has 1 aromatic rings. The third-order valence-electron chi connectivity index (χ3n) is 3.32. The molecule has 1 saturated heterocycles. The number of rotatable bonds is 3. The molecule has 1 amide bonds. The minimum absolute atomic E-state index is 0.00366. The fourth-order valence-corrected chi connectivity index (χ4v) is 2.40. The molecular weight excluding hydrogens is 248 g/mol. The lowest BCUT2D eigenvalue weighted by molar-refractivity contribution is -0.133. The highest BCUT2D eigenvalue weighted by Gasteiger charge is 2.23. The Kier molecular flexibility index (Phi) is 4.61. The quantitative estimate of drug-likeness (QED) is 0.911. The summed E-state index contributed by atoms with van der Waals surface area (Å²) in [5.41, 5.74) is 1.10. The largest absolute Gasteiger partial charge is 0.340 e. The predicted molar refractivity (Wildman–Crippen MR) is 73.6 cm³/mol. The van der Waals surface area contributed by atoms with Gasteiger partial charge in [0.2, 0.25) is 5.91 Å². The first-order valence-corrected chi connectivity index (χ1v) is 6.77. The fourth-order valence-electron chi connectivity index (χ4n) is 2.27. The van der Waals surface area contributed by atoms with Gasteiger partial charge in [0.25, 0.3) is 0 Å². The van der Waals surface area contributed by atoms with Crippen LogP contribution in [-0.2, 0) is 11.3 Å². The zero-order chi connectivity index (χ0) is 13.0. The van der Waals surface area contributed by atoms with Gasteiger partial charge < -0.3 is 10.2 Å². The van der Waals surface area contributed by atoms with Gasteiger partial charge in [-0.05, 0) is 37.1 Å². The molecule has 0 spiro atoms. The summed E-state index contributed by atoms with van der Waals surface area (Å²) in [6.45, 7) is 1.58. The van der Waals surface area contributed by atoms with E-state index in [9.17, 15) is 4.79 Å². The lowest BCUT2D eigenvalue weighted by Crippen LogP contribution is -2.46. The monoisotopic (exact) mass is 266 g/mol. The van der Waals surface area contributed by atoms with Gasteiger partial charge in [-0.3, -0.25) is 4.79 Å². The second kappa shape index (κ2) is 6.21. The van der Waals surface area contributed by atoms with E-state index in [1.165, 1.54) is 6.42 Å². The summed E-state index contributed by atoms with van der Waals surface area (Å²) < 4.78 is 0. The lowest BCUT2D eigenvalue weighted by Gasteiger charge is -2.27. The van der Waals surface area contributed by atoms with E-state index in [0.717, 1.165) is 30.0 Å². The van der Waals surface area contributed by atoms with Crippen LogP contribution in [0.15, 0.2) is 24.3 Å². The number of hydrogen-bond acceptors (Lipinski definition) is 2. The van der Waals surface area contributed by atoms with E-state index in [0.29, 0.717) is 6.54 Å². The van der Waals surface area contributed by atoms with Gasteiger partial charge in [0.1, 0.15) is 0 Å². The number of hydrogen-bond donors (Lipinski definition) is 1. The van der Waals surface area contributed by atoms with Gasteiger partial charge in [0.15, 0.2) is 0 Å². The summed E-state index contributed by atoms with van der Waals surface area (Å²) in [5.74, 6) is 0.185. The van der Waals surface area contributed by atoms with Gasteiger partial charge in [-0.25, -0.2) is 0 Å². The number of nitrogens with zero attached hydrogens (tertiary/aromatic N) is 1. The molecule has 18 heavy (non-hydrogen) atoms. The summed E-state index contributed by atoms with van der Waals surface area (Å²) >= 11 is 5.84. The molecule has 1 atom stereocenters. The maximum Gasteiger partial charge on any atom is 0.239 e. The molecule has 1 aliphatic heterocycles. The van der Waals surface area contributed by atoms with Gasteiger partial charge in [-0.1, -0.05) is 30.2 Å². The molecule has 1 aliphatic rings. The molecule has 0 aromatic heterocycles. The van der Waals surface area contributed by atoms with Gasteiger partial charge >= 0.3 is 0 Å². The molecule has 4 heteroatoms. The van der Waals surface area contributed by atoms with E-state index in [1.807, 2.05) is 31.3 Å². The molecule has 0 radical (unpaired) electrons. The van der Waals surface area contributed by atoms with Crippen LogP contribution < -0.4 is 5.32 Å². The molecule has 1 N–H and O–H groups in total. The summed E-state index contributed by atoms with van der Waals surface area (Å²) in [5, 5.41) is 4.01. The van der Waals surface area contributed by atoms with Crippen molar-refractivity contribution in [2.45, 2.75) is 31.8 Å². The lowest BCUT2D eigenvalue weighted by atomic mass is 10.0. The zero-order valence-corrected chi connectivity index (χ0v) is 11.4. The van der Waals surface area contributed by atoms with Crippen molar-refractivity contribution in [1.29, 1.82) is 0 Å². The number of nitrogens with one attached hydrogen (secondary N) is 1. The van der Waals surface area contributed by atoms with Gasteiger partial charge in [0, 0.05) is 18.6 Å². The Bertz CT molecular complexity index is 399. The second-order valence-electron chi connectivity index (χ2n) is 4.82. The Morgan fingerprint density at radius 1 is 1.39 bits per heavy atom. The minimum Gasteiger partial charge on any atom is -0.340 e. The summed E-state index contributed by atoms with van der Waals surface area (Å²) in [6.07, 6.45) is 3.26. The minimum atomic E-state index is -0.00366. The highest BCUT2D eigenvalue weighted by molar-refractivity contribution is 6.30. The molecule has 0 aliphatic carbocycles. The van der Waals surface area contributed by atoms with E-state index < -0.39 is 0 Å². The van der Waals surface area contributed by atoms with Crippen LogP contribution in [0, 0.1) is 0 Å². The van der Waals surface area contributed by atoms with Crippen molar-refractivity contribution in [3.05, 3.63) is 34.9 Å². The van der Waals surface area contributed by atoms with Crippen LogP contribution in [0.25, 0.3) is 0 Å². The Morgan fingerprint density at radius 3 is 2.72 bits per heavy atom. The average Bonchev–Trinajstić information content (AvgIpc) is 2.41. The van der Waals surface area contributed by atoms with E-state index >= 15 is 0 Å². The van der Waals surface area contributed by atoms with Crippen molar-refractivity contribution >= 4 is 17.5 Å². The van der Waals surface area contributed by atoms with E-state index in [-0.39, 0.29) is 11.9 Å². The van der Waals surface area contributed by atoms with Crippen LogP contribution in [0.4, 0.5) is 0 Å². The molecule has 2 rings (SSSR count). The van der Waals surface area contributed by atoms with Gasteiger partial charge in [-0.2, -0.15) is 0 Å². The Hall–Kier alpha value is -1.06. The first-order chi connectivity index (χ1) is 8.66. The molecule has 1 heterocycles. The molecule has 1 aromatic carbocycles. The van der Waals surface area contributed by atoms with Crippen LogP contribution >= 0.6 is 11.6 Å². The van der Waals surface area contributed by atoms with Crippen molar-refractivity contribution in [3.63, 3.8) is 0 Å². The first kappa shape index (κ1) is 13.4. The van der Waals surface area contributed by atoms with E-state index in [1.54, 1.807) is 4.90 Å². The number of amides is 1. The van der Waals surface area contributed by atoms with Crippen molar-refractivity contribution in [1.82, 2.24) is 10.2 Å². The Morgan fingerprint density at radius 2 is 2.11 bits per heavy atom. The number of halogens is 1. The van der Waals surface area contributed by atoms with Crippen molar-refractivity contribution < 1.29 is 4.79 Å². The van der Waals surface area contributed by atoms with Crippen LogP contribution in [0.5, 0.6) is 0 Å². The maximum atomic E-state index is 12.2. The molecule has 3 nitrogen and oxygen atoms in total. The van der Waals surface area contributed by atoms with Crippen molar-refractivity contribution in [2.75, 3.05) is 13.6 Å². The van der Waals surface area contributed by atoms with Crippen LogP contribution in [0.2, 0.25) is 5.02 Å².